The molecule has 2 atom stereocenters. The van der Waals surface area contributed by atoms with Crippen molar-refractivity contribution in [1.29, 1.82) is 0 Å². The number of hydrogen-bond acceptors (Lipinski definition) is 2. The average molecular weight is 496 g/mol. The van der Waals surface area contributed by atoms with Gasteiger partial charge in [0, 0.05) is 29.4 Å². The van der Waals surface area contributed by atoms with Crippen LogP contribution in [0.5, 0.6) is 5.75 Å². The Morgan fingerprint density at radius 3 is 2.42 bits per heavy atom. The maximum absolute atomic E-state index is 6.59. The Bertz CT molecular complexity index is 1300. The number of hydrogen-bond donors (Lipinski definition) is 0. The zero-order valence-electron chi connectivity index (χ0n) is 22.4. The highest BCUT2D eigenvalue weighted by molar-refractivity contribution is 7.56. The molecule has 0 amide bonds. The molecule has 1 aliphatic carbocycles. The fourth-order valence-corrected chi connectivity index (χ4v) is 6.10. The van der Waals surface area contributed by atoms with E-state index in [0.717, 1.165) is 23.4 Å². The van der Waals surface area contributed by atoms with Gasteiger partial charge in [-0.2, -0.15) is 0 Å². The summed E-state index contributed by atoms with van der Waals surface area (Å²) in [5, 5.41) is 2.60. The van der Waals surface area contributed by atoms with Crippen molar-refractivity contribution in [3.8, 4) is 5.75 Å². The lowest BCUT2D eigenvalue weighted by atomic mass is 9.86. The number of rotatable bonds is 7. The summed E-state index contributed by atoms with van der Waals surface area (Å²) in [5.74, 6) is 1.45. The molecule has 3 heteroatoms. The van der Waals surface area contributed by atoms with Gasteiger partial charge in [-0.15, -0.1) is 0 Å². The Kier molecular flexibility index (Phi) is 8.27. The van der Waals surface area contributed by atoms with Gasteiger partial charge in [0.2, 0.25) is 0 Å². The molecule has 0 saturated heterocycles. The standard InChI is InChI=1S/C33H38NOP/c1-23-14-13-19-28(30(34-6)26-17-11-8-12-18-26)32(23)36-29-21-27(33(3,4)5)20-24(2)31(29)35-22-25-15-9-7-10-16-25/h7-15,17-21,25,36H,16,22H2,1-6H3/b34-30+. The van der Waals surface area contributed by atoms with E-state index in [1.54, 1.807) is 0 Å². The molecule has 0 fully saturated rings. The van der Waals surface area contributed by atoms with Crippen molar-refractivity contribution in [1.82, 2.24) is 0 Å². The maximum Gasteiger partial charge on any atom is 0.129 e. The van der Waals surface area contributed by atoms with Crippen LogP contribution in [-0.4, -0.2) is 19.4 Å². The SMILES string of the molecule is C/N=C(\c1ccccc1)c1cccc(C)c1Pc1cc(C(C)(C)C)cc(C)c1OCC1C=CC=CC1. The summed E-state index contributed by atoms with van der Waals surface area (Å²) in [6.45, 7) is 11.9. The summed E-state index contributed by atoms with van der Waals surface area (Å²) in [5.41, 5.74) is 7.28. The predicted octanol–water partition coefficient (Wildman–Crippen LogP) is 7.21. The van der Waals surface area contributed by atoms with E-state index in [1.807, 2.05) is 7.05 Å². The normalized spacial score (nSPS) is 16.2. The minimum atomic E-state index is 0.0636. The number of allylic oxidation sites excluding steroid dienone is 3. The van der Waals surface area contributed by atoms with Gasteiger partial charge in [-0.05, 0) is 53.7 Å². The van der Waals surface area contributed by atoms with Crippen LogP contribution in [0.25, 0.3) is 0 Å². The number of aryl methyl sites for hydroxylation is 2. The van der Waals surface area contributed by atoms with Crippen molar-refractivity contribution in [3.05, 3.63) is 113 Å². The third kappa shape index (κ3) is 6.05. The lowest BCUT2D eigenvalue weighted by molar-refractivity contribution is 0.276. The summed E-state index contributed by atoms with van der Waals surface area (Å²) in [7, 11) is 2.36. The van der Waals surface area contributed by atoms with E-state index < -0.39 is 0 Å². The Hall–Kier alpha value is -2.96. The Morgan fingerprint density at radius 1 is 0.972 bits per heavy atom. The van der Waals surface area contributed by atoms with Crippen LogP contribution in [0.4, 0.5) is 0 Å². The number of aliphatic imine (C=N–C) groups is 1. The largest absolute Gasteiger partial charge is 0.492 e. The lowest BCUT2D eigenvalue weighted by Crippen LogP contribution is -2.22. The summed E-state index contributed by atoms with van der Waals surface area (Å²) in [6.07, 6.45) is 9.75. The van der Waals surface area contributed by atoms with Crippen LogP contribution in [0.2, 0.25) is 0 Å². The molecule has 0 heterocycles. The number of nitrogens with zero attached hydrogens (tertiary/aromatic N) is 1. The van der Waals surface area contributed by atoms with Gasteiger partial charge in [-0.1, -0.05) is 108 Å². The first-order valence-corrected chi connectivity index (χ1v) is 13.8. The molecule has 0 spiro atoms. The number of ether oxygens (including phenoxy) is 1. The zero-order valence-corrected chi connectivity index (χ0v) is 23.4. The molecule has 4 rings (SSSR count). The Balaban J connectivity index is 1.78. The molecule has 0 bridgehead atoms. The smallest absolute Gasteiger partial charge is 0.129 e. The van der Waals surface area contributed by atoms with E-state index in [-0.39, 0.29) is 5.41 Å². The predicted molar refractivity (Wildman–Crippen MR) is 159 cm³/mol. The summed E-state index contributed by atoms with van der Waals surface area (Å²) in [6, 6.07) is 21.7. The molecule has 0 radical (unpaired) electrons. The van der Waals surface area contributed by atoms with E-state index in [2.05, 4.69) is 120 Å². The second kappa shape index (κ2) is 11.4. The highest BCUT2D eigenvalue weighted by atomic mass is 31.1. The van der Waals surface area contributed by atoms with Crippen molar-refractivity contribution < 1.29 is 4.74 Å². The molecule has 0 N–H and O–H groups in total. The van der Waals surface area contributed by atoms with Crippen LogP contribution in [0.15, 0.2) is 90.0 Å². The Morgan fingerprint density at radius 2 is 1.75 bits per heavy atom. The first-order chi connectivity index (χ1) is 17.3. The van der Waals surface area contributed by atoms with E-state index in [9.17, 15) is 0 Å². The van der Waals surface area contributed by atoms with Gasteiger partial charge >= 0.3 is 0 Å². The number of benzene rings is 3. The van der Waals surface area contributed by atoms with E-state index in [4.69, 9.17) is 9.73 Å². The van der Waals surface area contributed by atoms with Crippen molar-refractivity contribution in [3.63, 3.8) is 0 Å². The van der Waals surface area contributed by atoms with E-state index >= 15 is 0 Å². The molecule has 2 nitrogen and oxygen atoms in total. The van der Waals surface area contributed by atoms with Crippen molar-refractivity contribution in [2.75, 3.05) is 13.7 Å². The van der Waals surface area contributed by atoms with E-state index in [1.165, 1.54) is 32.9 Å². The topological polar surface area (TPSA) is 21.6 Å². The second-order valence-electron chi connectivity index (χ2n) is 10.6. The third-order valence-corrected chi connectivity index (χ3v) is 8.26. The molecular formula is C33H38NOP. The summed E-state index contributed by atoms with van der Waals surface area (Å²) < 4.78 is 6.59. The first kappa shape index (κ1) is 26.1. The molecule has 0 aromatic heterocycles. The van der Waals surface area contributed by atoms with Crippen molar-refractivity contribution in [2.24, 2.45) is 10.9 Å². The van der Waals surface area contributed by atoms with Crippen LogP contribution >= 0.6 is 8.58 Å². The van der Waals surface area contributed by atoms with Crippen LogP contribution in [-0.2, 0) is 5.41 Å². The highest BCUT2D eigenvalue weighted by Crippen LogP contribution is 2.32. The molecule has 3 aromatic rings. The molecule has 0 saturated carbocycles. The van der Waals surface area contributed by atoms with Crippen molar-refractivity contribution >= 4 is 24.9 Å². The monoisotopic (exact) mass is 495 g/mol. The van der Waals surface area contributed by atoms with E-state index in [0.29, 0.717) is 21.1 Å². The minimum Gasteiger partial charge on any atom is -0.492 e. The molecular weight excluding hydrogens is 457 g/mol. The van der Waals surface area contributed by atoms with Gasteiger partial charge in [-0.3, -0.25) is 4.99 Å². The zero-order chi connectivity index (χ0) is 25.7. The fourth-order valence-electron chi connectivity index (χ4n) is 4.60. The van der Waals surface area contributed by atoms with Gasteiger partial charge in [0.05, 0.1) is 12.3 Å². The Labute approximate surface area is 219 Å². The second-order valence-corrected chi connectivity index (χ2v) is 11.9. The van der Waals surface area contributed by atoms with Gasteiger partial charge in [-0.25, -0.2) is 0 Å². The summed E-state index contributed by atoms with van der Waals surface area (Å²) >= 11 is 0. The lowest BCUT2D eigenvalue weighted by Gasteiger charge is -2.25. The summed E-state index contributed by atoms with van der Waals surface area (Å²) in [4.78, 5) is 4.74. The molecule has 36 heavy (non-hydrogen) atoms. The first-order valence-electron chi connectivity index (χ1n) is 12.8. The molecule has 3 aromatic carbocycles. The van der Waals surface area contributed by atoms with Crippen LogP contribution in [0.3, 0.4) is 0 Å². The fraction of sp³-hybridized carbons (Fsp3) is 0.303. The average Bonchev–Trinajstić information content (AvgIpc) is 2.86. The molecule has 186 valence electrons. The quantitative estimate of drug-likeness (QED) is 0.251. The molecule has 0 aliphatic heterocycles. The molecule has 2 unspecified atom stereocenters. The minimum absolute atomic E-state index is 0.0636. The van der Waals surface area contributed by atoms with Crippen LogP contribution in [0, 0.1) is 19.8 Å². The van der Waals surface area contributed by atoms with Crippen LogP contribution in [0.1, 0.15) is 55.0 Å². The van der Waals surface area contributed by atoms with Crippen LogP contribution < -0.4 is 15.3 Å². The van der Waals surface area contributed by atoms with Gasteiger partial charge in [0.25, 0.3) is 0 Å². The molecule has 1 aliphatic rings. The van der Waals surface area contributed by atoms with Crippen molar-refractivity contribution in [2.45, 2.75) is 46.5 Å². The maximum atomic E-state index is 6.59. The van der Waals surface area contributed by atoms with Gasteiger partial charge in [0.1, 0.15) is 5.75 Å². The highest BCUT2D eigenvalue weighted by Gasteiger charge is 2.21. The van der Waals surface area contributed by atoms with Gasteiger partial charge < -0.3 is 4.74 Å². The third-order valence-electron chi connectivity index (χ3n) is 6.71. The van der Waals surface area contributed by atoms with Gasteiger partial charge in [0.15, 0.2) is 0 Å².